The monoisotopic (exact) mass is 481 g/mol. The average molecular weight is 482 g/mol. The maximum atomic E-state index is 12.4. The Morgan fingerprint density at radius 2 is 1.03 bits per heavy atom. The molecular formula is C30H43NO4. The van der Waals surface area contributed by atoms with Crippen molar-refractivity contribution in [2.45, 2.75) is 72.1 Å². The zero-order valence-electron chi connectivity index (χ0n) is 22.6. The number of carbonyl (C=O) groups is 2. The first kappa shape index (κ1) is 28.6. The number of rotatable bonds is 11. The lowest BCUT2D eigenvalue weighted by Gasteiger charge is -2.22. The fraction of sp³-hybridized carbons (Fsp3) is 0.533. The Hall–Kier alpha value is -2.66. The van der Waals surface area contributed by atoms with Gasteiger partial charge in [0.05, 0.1) is 11.1 Å². The zero-order chi connectivity index (χ0) is 26.1. The third-order valence-electron chi connectivity index (χ3n) is 6.08. The molecule has 0 bridgehead atoms. The van der Waals surface area contributed by atoms with E-state index in [9.17, 15) is 9.59 Å². The summed E-state index contributed by atoms with van der Waals surface area (Å²) in [7, 11) is 0. The summed E-state index contributed by atoms with van der Waals surface area (Å²) in [6, 6.07) is 15.2. The SMILES string of the molecule is CCCCN(CCOC(=O)c1ccc(C(C)(C)C)cc1)CCOC(=O)c1ccc(C(C)(C)C)cc1. The number of hydrogen-bond acceptors (Lipinski definition) is 5. The van der Waals surface area contributed by atoms with Gasteiger partial charge in [-0.25, -0.2) is 9.59 Å². The maximum Gasteiger partial charge on any atom is 0.338 e. The summed E-state index contributed by atoms with van der Waals surface area (Å²) < 4.78 is 11.0. The number of hydrogen-bond donors (Lipinski definition) is 0. The minimum absolute atomic E-state index is 0.0432. The first-order valence-electron chi connectivity index (χ1n) is 12.7. The Labute approximate surface area is 211 Å². The van der Waals surface area contributed by atoms with Crippen molar-refractivity contribution < 1.29 is 19.1 Å². The summed E-state index contributed by atoms with van der Waals surface area (Å²) in [5.41, 5.74) is 3.57. The molecule has 0 aliphatic carbocycles. The molecule has 0 saturated heterocycles. The van der Waals surface area contributed by atoms with Gasteiger partial charge in [-0.1, -0.05) is 79.2 Å². The summed E-state index contributed by atoms with van der Waals surface area (Å²) in [6.07, 6.45) is 2.10. The summed E-state index contributed by atoms with van der Waals surface area (Å²) in [5, 5.41) is 0. The predicted octanol–water partition coefficient (Wildman–Crippen LogP) is 6.40. The van der Waals surface area contributed by atoms with Crippen LogP contribution in [0, 0.1) is 0 Å². The standard InChI is InChI=1S/C30H43NO4/c1-8-9-18-31(19-21-34-27(32)23-10-14-25(15-11-23)29(2,3)4)20-22-35-28(33)24-12-16-26(17-13-24)30(5,6)7/h10-17H,8-9,18-22H2,1-7H3. The highest BCUT2D eigenvalue weighted by atomic mass is 16.5. The summed E-state index contributed by atoms with van der Waals surface area (Å²) in [4.78, 5) is 27.1. The second-order valence-electron chi connectivity index (χ2n) is 11.1. The average Bonchev–Trinajstić information content (AvgIpc) is 2.81. The lowest BCUT2D eigenvalue weighted by molar-refractivity contribution is 0.0395. The van der Waals surface area contributed by atoms with Gasteiger partial charge in [0.1, 0.15) is 13.2 Å². The van der Waals surface area contributed by atoms with Gasteiger partial charge in [0.25, 0.3) is 0 Å². The van der Waals surface area contributed by atoms with Crippen molar-refractivity contribution in [3.05, 3.63) is 70.8 Å². The number of unbranched alkanes of at least 4 members (excludes halogenated alkanes) is 1. The molecule has 0 aromatic heterocycles. The highest BCUT2D eigenvalue weighted by Gasteiger charge is 2.16. The predicted molar refractivity (Wildman–Crippen MR) is 142 cm³/mol. The lowest BCUT2D eigenvalue weighted by atomic mass is 9.87. The fourth-order valence-corrected chi connectivity index (χ4v) is 3.63. The second kappa shape index (κ2) is 12.9. The molecule has 0 heterocycles. The van der Waals surface area contributed by atoms with Gasteiger partial charge < -0.3 is 9.47 Å². The van der Waals surface area contributed by atoms with E-state index in [2.05, 4.69) is 53.4 Å². The molecule has 5 heteroatoms. The van der Waals surface area contributed by atoms with Gasteiger partial charge in [-0.15, -0.1) is 0 Å². The highest BCUT2D eigenvalue weighted by molar-refractivity contribution is 5.89. The number of esters is 2. The van der Waals surface area contributed by atoms with Crippen molar-refractivity contribution >= 4 is 11.9 Å². The number of nitrogens with zero attached hydrogens (tertiary/aromatic N) is 1. The largest absolute Gasteiger partial charge is 0.461 e. The van der Waals surface area contributed by atoms with E-state index in [0.717, 1.165) is 19.4 Å². The third-order valence-corrected chi connectivity index (χ3v) is 6.08. The van der Waals surface area contributed by atoms with Gasteiger partial charge in [-0.05, 0) is 59.2 Å². The third kappa shape index (κ3) is 9.48. The molecule has 0 aliphatic heterocycles. The van der Waals surface area contributed by atoms with Gasteiger partial charge >= 0.3 is 11.9 Å². The second-order valence-corrected chi connectivity index (χ2v) is 11.1. The Bertz CT molecular complexity index is 859. The topological polar surface area (TPSA) is 55.8 Å². The van der Waals surface area contributed by atoms with E-state index in [4.69, 9.17) is 9.47 Å². The van der Waals surface area contributed by atoms with Crippen molar-refractivity contribution in [1.29, 1.82) is 0 Å². The van der Waals surface area contributed by atoms with Crippen LogP contribution in [0.25, 0.3) is 0 Å². The Morgan fingerprint density at radius 1 is 0.657 bits per heavy atom. The smallest absolute Gasteiger partial charge is 0.338 e. The number of benzene rings is 2. The Kier molecular flexibility index (Phi) is 10.5. The van der Waals surface area contributed by atoms with E-state index in [1.807, 2.05) is 48.5 Å². The van der Waals surface area contributed by atoms with Crippen LogP contribution in [0.2, 0.25) is 0 Å². The minimum atomic E-state index is -0.314. The Balaban J connectivity index is 1.81. The number of carbonyl (C=O) groups excluding carboxylic acids is 2. The van der Waals surface area contributed by atoms with Crippen molar-refractivity contribution in [2.75, 3.05) is 32.8 Å². The van der Waals surface area contributed by atoms with Crippen molar-refractivity contribution in [1.82, 2.24) is 4.90 Å². The minimum Gasteiger partial charge on any atom is -0.461 e. The van der Waals surface area contributed by atoms with Crippen LogP contribution in [0.5, 0.6) is 0 Å². The van der Waals surface area contributed by atoms with E-state index in [-0.39, 0.29) is 22.8 Å². The van der Waals surface area contributed by atoms with Gasteiger partial charge in [0.2, 0.25) is 0 Å². The molecule has 0 amide bonds. The van der Waals surface area contributed by atoms with Crippen LogP contribution in [0.4, 0.5) is 0 Å². The van der Waals surface area contributed by atoms with E-state index in [0.29, 0.717) is 37.4 Å². The first-order valence-corrected chi connectivity index (χ1v) is 12.7. The molecule has 0 fully saturated rings. The van der Waals surface area contributed by atoms with Crippen molar-refractivity contribution in [3.63, 3.8) is 0 Å². The summed E-state index contributed by atoms with van der Waals surface area (Å²) >= 11 is 0. The molecular weight excluding hydrogens is 438 g/mol. The highest BCUT2D eigenvalue weighted by Crippen LogP contribution is 2.23. The van der Waals surface area contributed by atoms with Gasteiger partial charge in [-0.3, -0.25) is 4.90 Å². The molecule has 35 heavy (non-hydrogen) atoms. The lowest BCUT2D eigenvalue weighted by Crippen LogP contribution is -2.33. The molecule has 0 N–H and O–H groups in total. The molecule has 5 nitrogen and oxygen atoms in total. The molecule has 2 aromatic rings. The molecule has 0 unspecified atom stereocenters. The molecule has 0 saturated carbocycles. The van der Waals surface area contributed by atoms with E-state index >= 15 is 0 Å². The van der Waals surface area contributed by atoms with Crippen LogP contribution in [-0.4, -0.2) is 49.7 Å². The van der Waals surface area contributed by atoms with Crippen molar-refractivity contribution in [2.24, 2.45) is 0 Å². The molecule has 2 aromatic carbocycles. The quantitative estimate of drug-likeness (QED) is 0.348. The van der Waals surface area contributed by atoms with Gasteiger partial charge in [0.15, 0.2) is 0 Å². The normalized spacial score (nSPS) is 12.0. The molecule has 0 aliphatic rings. The fourth-order valence-electron chi connectivity index (χ4n) is 3.63. The number of ether oxygens (including phenoxy) is 2. The molecule has 2 rings (SSSR count). The van der Waals surface area contributed by atoms with Crippen LogP contribution in [0.15, 0.2) is 48.5 Å². The molecule has 0 atom stereocenters. The van der Waals surface area contributed by atoms with Crippen LogP contribution in [0.3, 0.4) is 0 Å². The van der Waals surface area contributed by atoms with Crippen LogP contribution < -0.4 is 0 Å². The van der Waals surface area contributed by atoms with Crippen LogP contribution in [-0.2, 0) is 20.3 Å². The molecule has 0 radical (unpaired) electrons. The summed E-state index contributed by atoms with van der Waals surface area (Å²) in [5.74, 6) is -0.628. The maximum absolute atomic E-state index is 12.4. The van der Waals surface area contributed by atoms with E-state index in [1.165, 1.54) is 11.1 Å². The first-order chi connectivity index (χ1) is 16.4. The van der Waals surface area contributed by atoms with E-state index in [1.54, 1.807) is 0 Å². The van der Waals surface area contributed by atoms with Gasteiger partial charge in [0, 0.05) is 13.1 Å². The molecule has 192 valence electrons. The van der Waals surface area contributed by atoms with Crippen LogP contribution >= 0.6 is 0 Å². The zero-order valence-corrected chi connectivity index (χ0v) is 22.6. The van der Waals surface area contributed by atoms with E-state index < -0.39 is 0 Å². The molecule has 0 spiro atoms. The van der Waals surface area contributed by atoms with Crippen LogP contribution in [0.1, 0.15) is 93.2 Å². The Morgan fingerprint density at radius 3 is 1.34 bits per heavy atom. The summed E-state index contributed by atoms with van der Waals surface area (Å²) in [6.45, 7) is 17.7. The van der Waals surface area contributed by atoms with Gasteiger partial charge in [-0.2, -0.15) is 0 Å². The van der Waals surface area contributed by atoms with Crippen molar-refractivity contribution in [3.8, 4) is 0 Å².